The average molecular weight is 293 g/mol. The van der Waals surface area contributed by atoms with Crippen molar-refractivity contribution < 1.29 is 4.79 Å². The lowest BCUT2D eigenvalue weighted by Crippen LogP contribution is -2.36. The maximum absolute atomic E-state index is 12.5. The van der Waals surface area contributed by atoms with Crippen LogP contribution in [0.2, 0.25) is 0 Å². The molecule has 0 atom stereocenters. The molecule has 114 valence electrons. The van der Waals surface area contributed by atoms with Gasteiger partial charge in [0.2, 0.25) is 5.91 Å². The summed E-state index contributed by atoms with van der Waals surface area (Å²) in [5.41, 5.74) is 6.61. The number of rotatable bonds is 3. The molecule has 1 amide bonds. The van der Waals surface area contributed by atoms with Crippen LogP contribution in [0, 0.1) is 13.8 Å². The Morgan fingerprint density at radius 1 is 1.14 bits per heavy atom. The summed E-state index contributed by atoms with van der Waals surface area (Å²) < 4.78 is 0. The fraction of sp³-hybridized carbons (Fsp3) is 0.350. The van der Waals surface area contributed by atoms with Gasteiger partial charge in [-0.15, -0.1) is 0 Å². The van der Waals surface area contributed by atoms with Gasteiger partial charge in [-0.3, -0.25) is 4.79 Å². The molecule has 0 spiro atoms. The van der Waals surface area contributed by atoms with Gasteiger partial charge in [0.25, 0.3) is 0 Å². The molecule has 0 unspecified atom stereocenters. The van der Waals surface area contributed by atoms with Gasteiger partial charge in [0.15, 0.2) is 0 Å². The van der Waals surface area contributed by atoms with Crippen molar-refractivity contribution in [2.75, 3.05) is 6.54 Å². The monoisotopic (exact) mass is 293 g/mol. The highest BCUT2D eigenvalue weighted by Crippen LogP contribution is 2.22. The van der Waals surface area contributed by atoms with E-state index in [1.165, 1.54) is 27.8 Å². The van der Waals surface area contributed by atoms with Gasteiger partial charge in [0.1, 0.15) is 0 Å². The number of hydrogen-bond acceptors (Lipinski definition) is 1. The smallest absolute Gasteiger partial charge is 0.223 e. The van der Waals surface area contributed by atoms with Crippen LogP contribution in [0.25, 0.3) is 0 Å². The predicted octanol–water partition coefficient (Wildman–Crippen LogP) is 3.82. The SMILES string of the molecule is Cc1cccc(CCC(=O)N2CCc3c(C)cccc3C2)c1. The van der Waals surface area contributed by atoms with E-state index < -0.39 is 0 Å². The maximum Gasteiger partial charge on any atom is 0.223 e. The highest BCUT2D eigenvalue weighted by atomic mass is 16.2. The summed E-state index contributed by atoms with van der Waals surface area (Å²) in [5.74, 6) is 0.272. The minimum atomic E-state index is 0.272. The van der Waals surface area contributed by atoms with Crippen LogP contribution >= 0.6 is 0 Å². The molecule has 3 rings (SSSR count). The van der Waals surface area contributed by atoms with E-state index >= 15 is 0 Å². The lowest BCUT2D eigenvalue weighted by molar-refractivity contribution is -0.132. The maximum atomic E-state index is 12.5. The van der Waals surface area contributed by atoms with E-state index in [2.05, 4.69) is 56.3 Å². The molecule has 0 saturated carbocycles. The molecule has 0 saturated heterocycles. The van der Waals surface area contributed by atoms with Crippen LogP contribution in [0.1, 0.15) is 34.2 Å². The van der Waals surface area contributed by atoms with Gasteiger partial charge in [0.05, 0.1) is 0 Å². The summed E-state index contributed by atoms with van der Waals surface area (Å²) in [6, 6.07) is 14.8. The van der Waals surface area contributed by atoms with Crippen molar-refractivity contribution in [3.05, 3.63) is 70.3 Å². The number of carbonyl (C=O) groups is 1. The number of amides is 1. The van der Waals surface area contributed by atoms with Crippen molar-refractivity contribution >= 4 is 5.91 Å². The van der Waals surface area contributed by atoms with E-state index in [-0.39, 0.29) is 5.91 Å². The van der Waals surface area contributed by atoms with Crippen molar-refractivity contribution in [2.45, 2.75) is 39.7 Å². The van der Waals surface area contributed by atoms with Gasteiger partial charge in [-0.1, -0.05) is 48.0 Å². The third-order valence-corrected chi connectivity index (χ3v) is 4.56. The summed E-state index contributed by atoms with van der Waals surface area (Å²) in [7, 11) is 0. The molecule has 0 radical (unpaired) electrons. The van der Waals surface area contributed by atoms with Gasteiger partial charge >= 0.3 is 0 Å². The minimum Gasteiger partial charge on any atom is -0.338 e. The van der Waals surface area contributed by atoms with Crippen LogP contribution < -0.4 is 0 Å². The number of carbonyl (C=O) groups excluding carboxylic acids is 1. The number of benzene rings is 2. The zero-order valence-electron chi connectivity index (χ0n) is 13.4. The normalized spacial score (nSPS) is 13.8. The van der Waals surface area contributed by atoms with Crippen LogP contribution in [0.5, 0.6) is 0 Å². The molecule has 1 aliphatic heterocycles. The third-order valence-electron chi connectivity index (χ3n) is 4.56. The topological polar surface area (TPSA) is 20.3 Å². The minimum absolute atomic E-state index is 0.272. The Kier molecular flexibility index (Phi) is 4.28. The van der Waals surface area contributed by atoms with E-state index in [4.69, 9.17) is 0 Å². The Bertz CT molecular complexity index is 690. The lowest BCUT2D eigenvalue weighted by atomic mass is 9.95. The van der Waals surface area contributed by atoms with Crippen LogP contribution in [0.3, 0.4) is 0 Å². The van der Waals surface area contributed by atoms with Crippen LogP contribution in [-0.2, 0) is 24.2 Å². The fourth-order valence-electron chi connectivity index (χ4n) is 3.29. The molecule has 0 aromatic heterocycles. The second-order valence-corrected chi connectivity index (χ2v) is 6.27. The summed E-state index contributed by atoms with van der Waals surface area (Å²) in [6.07, 6.45) is 2.42. The first kappa shape index (κ1) is 14.8. The summed E-state index contributed by atoms with van der Waals surface area (Å²) in [4.78, 5) is 14.5. The Labute approximate surface area is 132 Å². The van der Waals surface area contributed by atoms with Crippen molar-refractivity contribution in [3.8, 4) is 0 Å². The predicted molar refractivity (Wildman–Crippen MR) is 89.8 cm³/mol. The largest absolute Gasteiger partial charge is 0.338 e. The second-order valence-electron chi connectivity index (χ2n) is 6.27. The molecule has 2 heteroatoms. The Hall–Kier alpha value is -2.09. The fourth-order valence-corrected chi connectivity index (χ4v) is 3.29. The molecular weight excluding hydrogens is 270 g/mol. The quantitative estimate of drug-likeness (QED) is 0.842. The molecule has 0 N–H and O–H groups in total. The molecule has 2 nitrogen and oxygen atoms in total. The summed E-state index contributed by atoms with van der Waals surface area (Å²) >= 11 is 0. The molecule has 0 bridgehead atoms. The number of aryl methyl sites for hydroxylation is 3. The molecular formula is C20H23NO. The highest BCUT2D eigenvalue weighted by Gasteiger charge is 2.21. The van der Waals surface area contributed by atoms with Gasteiger partial charge in [-0.05, 0) is 48.9 Å². The first-order valence-corrected chi connectivity index (χ1v) is 8.04. The molecule has 0 aliphatic carbocycles. The van der Waals surface area contributed by atoms with Crippen LogP contribution in [0.15, 0.2) is 42.5 Å². The first-order chi connectivity index (χ1) is 10.6. The molecule has 1 heterocycles. The van der Waals surface area contributed by atoms with E-state index in [9.17, 15) is 4.79 Å². The van der Waals surface area contributed by atoms with Gasteiger partial charge in [0, 0.05) is 19.5 Å². The number of hydrogen-bond donors (Lipinski definition) is 0. The van der Waals surface area contributed by atoms with Gasteiger partial charge < -0.3 is 4.90 Å². The summed E-state index contributed by atoms with van der Waals surface area (Å²) in [6.45, 7) is 5.87. The second kappa shape index (κ2) is 6.35. The van der Waals surface area contributed by atoms with Crippen LogP contribution in [-0.4, -0.2) is 17.4 Å². The molecule has 0 fully saturated rings. The van der Waals surface area contributed by atoms with Crippen LogP contribution in [0.4, 0.5) is 0 Å². The first-order valence-electron chi connectivity index (χ1n) is 8.04. The molecule has 22 heavy (non-hydrogen) atoms. The standard InChI is InChI=1S/C20H23NO/c1-15-5-3-7-17(13-15)9-10-20(22)21-12-11-19-16(2)6-4-8-18(19)14-21/h3-8,13H,9-12,14H2,1-2H3. The highest BCUT2D eigenvalue weighted by molar-refractivity contribution is 5.76. The van der Waals surface area contributed by atoms with E-state index in [1.807, 2.05) is 4.90 Å². The van der Waals surface area contributed by atoms with Crippen molar-refractivity contribution in [3.63, 3.8) is 0 Å². The summed E-state index contributed by atoms with van der Waals surface area (Å²) in [5, 5.41) is 0. The lowest BCUT2D eigenvalue weighted by Gasteiger charge is -2.30. The van der Waals surface area contributed by atoms with Crippen molar-refractivity contribution in [1.29, 1.82) is 0 Å². The van der Waals surface area contributed by atoms with E-state index in [0.29, 0.717) is 6.42 Å². The van der Waals surface area contributed by atoms with Gasteiger partial charge in [-0.2, -0.15) is 0 Å². The third kappa shape index (κ3) is 3.22. The zero-order valence-corrected chi connectivity index (χ0v) is 13.4. The van der Waals surface area contributed by atoms with E-state index in [1.54, 1.807) is 0 Å². The molecule has 2 aromatic rings. The Balaban J connectivity index is 1.62. The molecule has 2 aromatic carbocycles. The number of fused-ring (bicyclic) bond motifs is 1. The number of nitrogens with zero attached hydrogens (tertiary/aromatic N) is 1. The van der Waals surface area contributed by atoms with Crippen molar-refractivity contribution in [2.24, 2.45) is 0 Å². The average Bonchev–Trinajstić information content (AvgIpc) is 2.52. The zero-order chi connectivity index (χ0) is 15.5. The Morgan fingerprint density at radius 3 is 2.77 bits per heavy atom. The van der Waals surface area contributed by atoms with Gasteiger partial charge in [-0.25, -0.2) is 0 Å². The Morgan fingerprint density at radius 2 is 1.95 bits per heavy atom. The van der Waals surface area contributed by atoms with E-state index in [0.717, 1.165) is 25.9 Å². The molecule has 1 aliphatic rings. The van der Waals surface area contributed by atoms with Crippen molar-refractivity contribution in [1.82, 2.24) is 4.90 Å².